The number of pyridine rings is 1. The number of aromatic nitrogens is 1. The van der Waals surface area contributed by atoms with E-state index < -0.39 is 0 Å². The first-order valence-corrected chi connectivity index (χ1v) is 9.75. The summed E-state index contributed by atoms with van der Waals surface area (Å²) >= 11 is 0. The molecule has 0 bridgehead atoms. The van der Waals surface area contributed by atoms with Crippen molar-refractivity contribution in [2.75, 3.05) is 17.2 Å². The van der Waals surface area contributed by atoms with Crippen LogP contribution in [0.2, 0.25) is 0 Å². The molecule has 2 aromatic carbocycles. The van der Waals surface area contributed by atoms with Crippen molar-refractivity contribution in [3.8, 4) is 11.5 Å². The van der Waals surface area contributed by atoms with E-state index in [4.69, 9.17) is 10.5 Å². The highest BCUT2D eigenvalue weighted by Gasteiger charge is 2.20. The van der Waals surface area contributed by atoms with Crippen molar-refractivity contribution in [3.63, 3.8) is 0 Å². The van der Waals surface area contributed by atoms with Crippen molar-refractivity contribution in [2.24, 2.45) is 0 Å². The number of ether oxygens (including phenoxy) is 1. The SMILES string of the molecule is CC(C)(C)c1cccc(N2CCc3ccc(Oc4ccnc(N)c4)cc3C2)c1. The maximum Gasteiger partial charge on any atom is 0.132 e. The molecule has 4 heteroatoms. The van der Waals surface area contributed by atoms with Crippen LogP contribution in [-0.4, -0.2) is 11.5 Å². The molecule has 28 heavy (non-hydrogen) atoms. The van der Waals surface area contributed by atoms with E-state index in [1.165, 1.54) is 22.4 Å². The minimum atomic E-state index is 0.150. The Morgan fingerprint density at radius 2 is 1.79 bits per heavy atom. The largest absolute Gasteiger partial charge is 0.457 e. The fourth-order valence-corrected chi connectivity index (χ4v) is 3.61. The molecule has 3 aromatic rings. The lowest BCUT2D eigenvalue weighted by molar-refractivity contribution is 0.480. The molecule has 1 aromatic heterocycles. The summed E-state index contributed by atoms with van der Waals surface area (Å²) in [6.07, 6.45) is 2.70. The molecule has 0 fully saturated rings. The average Bonchev–Trinajstić information content (AvgIpc) is 2.67. The number of hydrogen-bond donors (Lipinski definition) is 1. The molecule has 0 unspecified atom stereocenters. The lowest BCUT2D eigenvalue weighted by Crippen LogP contribution is -2.30. The molecule has 2 N–H and O–H groups in total. The second-order valence-corrected chi connectivity index (χ2v) is 8.42. The lowest BCUT2D eigenvalue weighted by atomic mass is 9.86. The Hall–Kier alpha value is -3.01. The molecule has 1 aliphatic rings. The van der Waals surface area contributed by atoms with Gasteiger partial charge >= 0.3 is 0 Å². The predicted octanol–water partition coefficient (Wildman–Crippen LogP) is 5.32. The molecule has 4 nitrogen and oxygen atoms in total. The van der Waals surface area contributed by atoms with Gasteiger partial charge in [-0.15, -0.1) is 0 Å². The Kier molecular flexibility index (Phi) is 4.71. The summed E-state index contributed by atoms with van der Waals surface area (Å²) in [7, 11) is 0. The summed E-state index contributed by atoms with van der Waals surface area (Å²) in [5.74, 6) is 1.99. The van der Waals surface area contributed by atoms with Crippen molar-refractivity contribution in [2.45, 2.75) is 39.2 Å². The van der Waals surface area contributed by atoms with E-state index in [1.807, 2.05) is 12.1 Å². The van der Waals surface area contributed by atoms with Crippen LogP contribution in [0.5, 0.6) is 11.5 Å². The smallest absolute Gasteiger partial charge is 0.132 e. The minimum absolute atomic E-state index is 0.150. The van der Waals surface area contributed by atoms with E-state index in [-0.39, 0.29) is 5.41 Å². The van der Waals surface area contributed by atoms with Gasteiger partial charge in [0.2, 0.25) is 0 Å². The van der Waals surface area contributed by atoms with E-state index in [9.17, 15) is 0 Å². The van der Waals surface area contributed by atoms with Crippen LogP contribution in [0, 0.1) is 0 Å². The summed E-state index contributed by atoms with van der Waals surface area (Å²) < 4.78 is 5.99. The van der Waals surface area contributed by atoms with Crippen LogP contribution in [0.25, 0.3) is 0 Å². The Morgan fingerprint density at radius 3 is 2.57 bits per heavy atom. The first-order valence-electron chi connectivity index (χ1n) is 9.75. The summed E-state index contributed by atoms with van der Waals surface area (Å²) in [6, 6.07) is 18.8. The van der Waals surface area contributed by atoms with Crippen molar-refractivity contribution < 1.29 is 4.74 Å². The second kappa shape index (κ2) is 7.19. The monoisotopic (exact) mass is 373 g/mol. The number of anilines is 2. The van der Waals surface area contributed by atoms with Gasteiger partial charge < -0.3 is 15.4 Å². The van der Waals surface area contributed by atoms with Gasteiger partial charge in [0, 0.05) is 31.0 Å². The van der Waals surface area contributed by atoms with E-state index in [0.717, 1.165) is 25.3 Å². The predicted molar refractivity (Wildman–Crippen MR) is 115 cm³/mol. The number of hydrogen-bond acceptors (Lipinski definition) is 4. The molecule has 2 heterocycles. The van der Waals surface area contributed by atoms with Crippen LogP contribution in [0.1, 0.15) is 37.5 Å². The molecule has 144 valence electrons. The van der Waals surface area contributed by atoms with Crippen molar-refractivity contribution >= 4 is 11.5 Å². The van der Waals surface area contributed by atoms with Crippen LogP contribution in [-0.2, 0) is 18.4 Å². The summed E-state index contributed by atoms with van der Waals surface area (Å²) in [5, 5.41) is 0. The molecule has 1 aliphatic heterocycles. The highest BCUT2D eigenvalue weighted by molar-refractivity contribution is 5.53. The van der Waals surface area contributed by atoms with E-state index in [1.54, 1.807) is 12.3 Å². The van der Waals surface area contributed by atoms with E-state index in [0.29, 0.717) is 11.6 Å². The van der Waals surface area contributed by atoms with Gasteiger partial charge in [0.05, 0.1) is 0 Å². The minimum Gasteiger partial charge on any atom is -0.457 e. The summed E-state index contributed by atoms with van der Waals surface area (Å²) in [4.78, 5) is 6.46. The maximum absolute atomic E-state index is 5.99. The molecule has 0 saturated carbocycles. The van der Waals surface area contributed by atoms with Gasteiger partial charge in [0.15, 0.2) is 0 Å². The summed E-state index contributed by atoms with van der Waals surface area (Å²) in [6.45, 7) is 8.69. The van der Waals surface area contributed by atoms with Crippen LogP contribution in [0.4, 0.5) is 11.5 Å². The van der Waals surface area contributed by atoms with Gasteiger partial charge in [-0.3, -0.25) is 0 Å². The normalized spacial score (nSPS) is 13.9. The molecule has 0 saturated heterocycles. The van der Waals surface area contributed by atoms with Crippen LogP contribution in [0.3, 0.4) is 0 Å². The zero-order valence-corrected chi connectivity index (χ0v) is 16.8. The standard InChI is InChI=1S/C24H27N3O/c1-24(2,3)19-5-4-6-20(14-19)27-12-10-17-7-8-21(13-18(17)16-27)28-22-9-11-26-23(25)15-22/h4-9,11,13-15H,10,12,16H2,1-3H3,(H2,25,26). The van der Waals surface area contributed by atoms with Crippen molar-refractivity contribution in [1.29, 1.82) is 0 Å². The fraction of sp³-hybridized carbons (Fsp3) is 0.292. The van der Waals surface area contributed by atoms with Crippen LogP contribution < -0.4 is 15.4 Å². The van der Waals surface area contributed by atoms with Crippen LogP contribution >= 0.6 is 0 Å². The number of rotatable bonds is 3. The van der Waals surface area contributed by atoms with E-state index >= 15 is 0 Å². The van der Waals surface area contributed by atoms with Gasteiger partial charge in [-0.1, -0.05) is 39.0 Å². The number of nitrogens with two attached hydrogens (primary N) is 1. The Bertz CT molecular complexity index is 991. The number of benzene rings is 2. The molecule has 0 atom stereocenters. The average molecular weight is 374 g/mol. The quantitative estimate of drug-likeness (QED) is 0.675. The zero-order valence-electron chi connectivity index (χ0n) is 16.8. The highest BCUT2D eigenvalue weighted by atomic mass is 16.5. The molecule has 4 rings (SSSR count). The van der Waals surface area contributed by atoms with Gasteiger partial charge in [-0.05, 0) is 58.9 Å². The number of nitrogens with zero attached hydrogens (tertiary/aromatic N) is 2. The zero-order chi connectivity index (χ0) is 19.7. The third-order valence-electron chi connectivity index (χ3n) is 5.26. The lowest BCUT2D eigenvalue weighted by Gasteiger charge is -2.32. The van der Waals surface area contributed by atoms with Crippen LogP contribution in [0.15, 0.2) is 60.8 Å². The molecular weight excluding hydrogens is 346 g/mol. The van der Waals surface area contributed by atoms with Gasteiger partial charge in [0.25, 0.3) is 0 Å². The first kappa shape index (κ1) is 18.4. The molecule has 0 spiro atoms. The van der Waals surface area contributed by atoms with Gasteiger partial charge in [-0.2, -0.15) is 0 Å². The van der Waals surface area contributed by atoms with Crippen molar-refractivity contribution in [3.05, 3.63) is 77.5 Å². The van der Waals surface area contributed by atoms with Crippen molar-refractivity contribution in [1.82, 2.24) is 4.98 Å². The first-order chi connectivity index (χ1) is 13.4. The molecule has 0 amide bonds. The van der Waals surface area contributed by atoms with Gasteiger partial charge in [0.1, 0.15) is 17.3 Å². The number of fused-ring (bicyclic) bond motifs is 1. The number of nitrogen functional groups attached to an aromatic ring is 1. The van der Waals surface area contributed by atoms with Gasteiger partial charge in [-0.25, -0.2) is 4.98 Å². The molecular formula is C24H27N3O. The maximum atomic E-state index is 5.99. The topological polar surface area (TPSA) is 51.4 Å². The third kappa shape index (κ3) is 3.96. The molecule has 0 aliphatic carbocycles. The Morgan fingerprint density at radius 1 is 0.964 bits per heavy atom. The third-order valence-corrected chi connectivity index (χ3v) is 5.26. The molecule has 0 radical (unpaired) electrons. The van der Waals surface area contributed by atoms with E-state index in [2.05, 4.69) is 67.1 Å². The highest BCUT2D eigenvalue weighted by Crippen LogP contribution is 2.32. The Balaban J connectivity index is 1.56. The fourth-order valence-electron chi connectivity index (χ4n) is 3.61. The Labute approximate surface area is 167 Å². The second-order valence-electron chi connectivity index (χ2n) is 8.42. The summed E-state index contributed by atoms with van der Waals surface area (Å²) in [5.41, 5.74) is 11.3.